The van der Waals surface area contributed by atoms with Crippen LogP contribution in [0.25, 0.3) is 6.08 Å². The van der Waals surface area contributed by atoms with Crippen LogP contribution in [0.2, 0.25) is 0 Å². The average Bonchev–Trinajstić information content (AvgIpc) is 3.06. The van der Waals surface area contributed by atoms with Gasteiger partial charge in [0.1, 0.15) is 11.5 Å². The Labute approximate surface area is 137 Å². The second-order valence-corrected chi connectivity index (χ2v) is 4.98. The molecule has 2 N–H and O–H groups in total. The van der Waals surface area contributed by atoms with Gasteiger partial charge in [0.2, 0.25) is 0 Å². The van der Waals surface area contributed by atoms with Gasteiger partial charge in [-0.25, -0.2) is 0 Å². The maximum Gasteiger partial charge on any atom is 0.115 e. The molecule has 0 unspecified atom stereocenters. The van der Waals surface area contributed by atoms with Crippen LogP contribution in [0.5, 0.6) is 11.5 Å². The van der Waals surface area contributed by atoms with Gasteiger partial charge in [0.05, 0.1) is 0 Å². The Balaban J connectivity index is 0.000000127. The fourth-order valence-corrected chi connectivity index (χ4v) is 2.05. The van der Waals surface area contributed by atoms with Crippen LogP contribution in [-0.2, 0) is 6.42 Å². The molecule has 2 heteroatoms. The summed E-state index contributed by atoms with van der Waals surface area (Å²) in [5.41, 5.74) is 2.84. The summed E-state index contributed by atoms with van der Waals surface area (Å²) in [6, 6.07) is 25.9. The van der Waals surface area contributed by atoms with Crippen LogP contribution in [0.15, 0.2) is 91.0 Å². The van der Waals surface area contributed by atoms with E-state index in [1.54, 1.807) is 48.5 Å². The van der Waals surface area contributed by atoms with Crippen LogP contribution < -0.4 is 0 Å². The van der Waals surface area contributed by atoms with Crippen molar-refractivity contribution in [3.8, 4) is 11.5 Å². The SMILES string of the molecule is C1=Cc2ccccc2C1.Oc1ccccc1.Oc1ccccc1. The van der Waals surface area contributed by atoms with E-state index < -0.39 is 0 Å². The number of rotatable bonds is 0. The summed E-state index contributed by atoms with van der Waals surface area (Å²) in [5.74, 6) is 0.644. The predicted octanol–water partition coefficient (Wildman–Crippen LogP) is 5.04. The molecule has 23 heavy (non-hydrogen) atoms. The summed E-state index contributed by atoms with van der Waals surface area (Å²) in [6.07, 6.45) is 5.50. The Bertz CT molecular complexity index is 682. The summed E-state index contributed by atoms with van der Waals surface area (Å²) >= 11 is 0. The first-order valence-electron chi connectivity index (χ1n) is 7.48. The van der Waals surface area contributed by atoms with Crippen molar-refractivity contribution in [1.29, 1.82) is 0 Å². The number of aromatic hydroxyl groups is 2. The Morgan fingerprint density at radius 1 is 0.565 bits per heavy atom. The predicted molar refractivity (Wildman–Crippen MR) is 95.4 cm³/mol. The van der Waals surface area contributed by atoms with E-state index in [0.717, 1.165) is 6.42 Å². The van der Waals surface area contributed by atoms with E-state index in [1.165, 1.54) is 11.1 Å². The van der Waals surface area contributed by atoms with E-state index in [9.17, 15) is 0 Å². The molecule has 0 radical (unpaired) electrons. The Morgan fingerprint density at radius 3 is 1.48 bits per heavy atom. The van der Waals surface area contributed by atoms with Gasteiger partial charge in [0.25, 0.3) is 0 Å². The molecule has 0 amide bonds. The third-order valence-corrected chi connectivity index (χ3v) is 3.20. The Hall–Kier alpha value is -3.00. The van der Waals surface area contributed by atoms with E-state index in [0.29, 0.717) is 11.5 Å². The van der Waals surface area contributed by atoms with Gasteiger partial charge in [-0.05, 0) is 41.8 Å². The monoisotopic (exact) mass is 304 g/mol. The minimum absolute atomic E-state index is 0.322. The fraction of sp³-hybridized carbons (Fsp3) is 0.0476. The average molecular weight is 304 g/mol. The number of hydrogen-bond donors (Lipinski definition) is 2. The zero-order valence-corrected chi connectivity index (χ0v) is 12.8. The minimum Gasteiger partial charge on any atom is -0.508 e. The third-order valence-electron chi connectivity index (χ3n) is 3.20. The summed E-state index contributed by atoms with van der Waals surface area (Å²) in [6.45, 7) is 0. The van der Waals surface area contributed by atoms with Crippen LogP contribution in [-0.4, -0.2) is 10.2 Å². The number of allylic oxidation sites excluding steroid dienone is 1. The van der Waals surface area contributed by atoms with Crippen molar-refractivity contribution in [2.24, 2.45) is 0 Å². The lowest BCUT2D eigenvalue weighted by Crippen LogP contribution is -1.76. The summed E-state index contributed by atoms with van der Waals surface area (Å²) in [5, 5.41) is 17.3. The van der Waals surface area contributed by atoms with Gasteiger partial charge in [0, 0.05) is 0 Å². The molecule has 0 aromatic heterocycles. The van der Waals surface area contributed by atoms with Gasteiger partial charge < -0.3 is 10.2 Å². The molecule has 1 aliphatic carbocycles. The molecule has 0 bridgehead atoms. The quantitative estimate of drug-likeness (QED) is 0.611. The molecule has 3 aromatic carbocycles. The third kappa shape index (κ3) is 6.10. The summed E-state index contributed by atoms with van der Waals surface area (Å²) in [7, 11) is 0. The number of para-hydroxylation sites is 2. The van der Waals surface area contributed by atoms with Crippen LogP contribution >= 0.6 is 0 Å². The first kappa shape index (κ1) is 16.4. The highest BCUT2D eigenvalue weighted by Gasteiger charge is 2.00. The molecule has 0 aliphatic heterocycles. The summed E-state index contributed by atoms with van der Waals surface area (Å²) in [4.78, 5) is 0. The van der Waals surface area contributed by atoms with Gasteiger partial charge in [-0.1, -0.05) is 72.8 Å². The lowest BCUT2D eigenvalue weighted by molar-refractivity contribution is 0.475. The fourth-order valence-electron chi connectivity index (χ4n) is 2.05. The lowest BCUT2D eigenvalue weighted by Gasteiger charge is -1.93. The van der Waals surface area contributed by atoms with Crippen molar-refractivity contribution in [1.82, 2.24) is 0 Å². The lowest BCUT2D eigenvalue weighted by atomic mass is 10.1. The van der Waals surface area contributed by atoms with Crippen molar-refractivity contribution in [2.75, 3.05) is 0 Å². The molecule has 0 saturated heterocycles. The van der Waals surface area contributed by atoms with Crippen molar-refractivity contribution in [2.45, 2.75) is 6.42 Å². The molecular weight excluding hydrogens is 284 g/mol. The van der Waals surface area contributed by atoms with Crippen molar-refractivity contribution in [3.63, 3.8) is 0 Å². The molecule has 0 atom stereocenters. The van der Waals surface area contributed by atoms with Crippen molar-refractivity contribution >= 4 is 6.08 Å². The smallest absolute Gasteiger partial charge is 0.115 e. The molecule has 2 nitrogen and oxygen atoms in total. The highest BCUT2D eigenvalue weighted by molar-refractivity contribution is 5.59. The molecule has 0 fully saturated rings. The van der Waals surface area contributed by atoms with Crippen molar-refractivity contribution < 1.29 is 10.2 Å². The van der Waals surface area contributed by atoms with Gasteiger partial charge in [-0.15, -0.1) is 0 Å². The van der Waals surface area contributed by atoms with E-state index in [-0.39, 0.29) is 0 Å². The zero-order valence-electron chi connectivity index (χ0n) is 12.8. The van der Waals surface area contributed by atoms with E-state index in [4.69, 9.17) is 10.2 Å². The van der Waals surface area contributed by atoms with Gasteiger partial charge in [0.15, 0.2) is 0 Å². The molecular formula is C21H20O2. The highest BCUT2D eigenvalue weighted by atomic mass is 16.3. The second kappa shape index (κ2) is 9.11. The van der Waals surface area contributed by atoms with Crippen LogP contribution in [0.3, 0.4) is 0 Å². The normalized spacial score (nSPS) is 10.6. The molecule has 0 saturated carbocycles. The maximum absolute atomic E-state index is 8.63. The van der Waals surface area contributed by atoms with E-state index >= 15 is 0 Å². The maximum atomic E-state index is 8.63. The largest absolute Gasteiger partial charge is 0.508 e. The van der Waals surface area contributed by atoms with Crippen LogP contribution in [0, 0.1) is 0 Å². The molecule has 116 valence electrons. The first-order chi connectivity index (χ1) is 11.3. The number of phenolic OH excluding ortho intramolecular Hbond substituents is 2. The molecule has 0 heterocycles. The number of benzene rings is 3. The number of phenols is 2. The first-order valence-corrected chi connectivity index (χ1v) is 7.48. The molecule has 1 aliphatic rings. The molecule has 3 aromatic rings. The van der Waals surface area contributed by atoms with Gasteiger partial charge in [-0.3, -0.25) is 0 Å². The van der Waals surface area contributed by atoms with Gasteiger partial charge >= 0.3 is 0 Å². The van der Waals surface area contributed by atoms with Crippen molar-refractivity contribution in [3.05, 3.63) is 102 Å². The topological polar surface area (TPSA) is 40.5 Å². The Kier molecular flexibility index (Phi) is 6.48. The second-order valence-electron chi connectivity index (χ2n) is 4.98. The Morgan fingerprint density at radius 2 is 1.04 bits per heavy atom. The molecule has 0 spiro atoms. The zero-order chi connectivity index (χ0) is 16.3. The highest BCUT2D eigenvalue weighted by Crippen LogP contribution is 2.17. The van der Waals surface area contributed by atoms with E-state index in [2.05, 4.69) is 36.4 Å². The molecule has 4 rings (SSSR count). The van der Waals surface area contributed by atoms with Gasteiger partial charge in [-0.2, -0.15) is 0 Å². The minimum atomic E-state index is 0.322. The van der Waals surface area contributed by atoms with E-state index in [1.807, 2.05) is 12.1 Å². The van der Waals surface area contributed by atoms with Crippen LogP contribution in [0.4, 0.5) is 0 Å². The summed E-state index contributed by atoms with van der Waals surface area (Å²) < 4.78 is 0. The van der Waals surface area contributed by atoms with Crippen LogP contribution in [0.1, 0.15) is 11.1 Å². The number of fused-ring (bicyclic) bond motifs is 1. The number of hydrogen-bond acceptors (Lipinski definition) is 2. The standard InChI is InChI=1S/C9H8.2C6H6O/c1-2-5-9-7-3-6-8(9)4-1;2*7-6-4-2-1-3-5-6/h1-6H,7H2;2*1-5,7H.